The molecule has 1 aliphatic heterocycles. The molecule has 2 fully saturated rings. The van der Waals surface area contributed by atoms with Gasteiger partial charge in [-0.15, -0.1) is 0 Å². The van der Waals surface area contributed by atoms with Gasteiger partial charge in [-0.05, 0) is 37.1 Å². The van der Waals surface area contributed by atoms with Crippen molar-refractivity contribution in [3.63, 3.8) is 0 Å². The summed E-state index contributed by atoms with van der Waals surface area (Å²) in [6.45, 7) is 11.1. The van der Waals surface area contributed by atoms with Crippen molar-refractivity contribution in [1.82, 2.24) is 10.2 Å². The molecule has 2 heteroatoms. The van der Waals surface area contributed by atoms with Crippen molar-refractivity contribution in [2.75, 3.05) is 32.7 Å². The first kappa shape index (κ1) is 12.4. The maximum Gasteiger partial charge on any atom is 0.0107 e. The smallest absolute Gasteiger partial charge is 0.0107 e. The van der Waals surface area contributed by atoms with E-state index in [0.29, 0.717) is 5.41 Å². The molecule has 0 bridgehead atoms. The van der Waals surface area contributed by atoms with Crippen LogP contribution in [0.3, 0.4) is 0 Å². The number of rotatable bonds is 3. The zero-order chi connectivity index (χ0) is 11.4. The Morgan fingerprint density at radius 2 is 2.06 bits per heavy atom. The summed E-state index contributed by atoms with van der Waals surface area (Å²) >= 11 is 0. The Hall–Kier alpha value is -0.0800. The molecule has 1 atom stereocenters. The molecule has 0 aromatic rings. The predicted molar refractivity (Wildman–Crippen MR) is 69.7 cm³/mol. The summed E-state index contributed by atoms with van der Waals surface area (Å²) in [6.07, 6.45) is 7.26. The van der Waals surface area contributed by atoms with Gasteiger partial charge >= 0.3 is 0 Å². The van der Waals surface area contributed by atoms with Crippen LogP contribution >= 0.6 is 0 Å². The van der Waals surface area contributed by atoms with Crippen molar-refractivity contribution in [2.24, 2.45) is 11.3 Å². The van der Waals surface area contributed by atoms with E-state index in [1.54, 1.807) is 0 Å². The van der Waals surface area contributed by atoms with Gasteiger partial charge in [0.05, 0.1) is 0 Å². The molecule has 0 aromatic carbocycles. The molecule has 0 aromatic heterocycles. The lowest BCUT2D eigenvalue weighted by molar-refractivity contribution is 0.143. The fraction of sp³-hybridized carbons (Fsp3) is 1.00. The second-order valence-electron chi connectivity index (χ2n) is 6.11. The van der Waals surface area contributed by atoms with E-state index < -0.39 is 0 Å². The first-order chi connectivity index (χ1) is 7.74. The lowest BCUT2D eigenvalue weighted by Gasteiger charge is -2.34. The Bertz CT molecular complexity index is 209. The molecule has 2 nitrogen and oxygen atoms in total. The standard InChI is InChI=1S/C14H28N2/c1-3-14(6-4-5-7-14)12-16-9-8-15-10-13(2)11-16/h13,15H,3-12H2,1-2H3. The Balaban J connectivity index is 1.91. The fourth-order valence-electron chi connectivity index (χ4n) is 3.55. The topological polar surface area (TPSA) is 15.3 Å². The summed E-state index contributed by atoms with van der Waals surface area (Å²) in [5.41, 5.74) is 0.671. The highest BCUT2D eigenvalue weighted by Gasteiger charge is 2.34. The van der Waals surface area contributed by atoms with Gasteiger partial charge < -0.3 is 10.2 Å². The monoisotopic (exact) mass is 224 g/mol. The highest BCUT2D eigenvalue weighted by atomic mass is 15.2. The van der Waals surface area contributed by atoms with Crippen LogP contribution in [0.5, 0.6) is 0 Å². The van der Waals surface area contributed by atoms with Crippen LogP contribution in [0.1, 0.15) is 46.0 Å². The highest BCUT2D eigenvalue weighted by molar-refractivity contribution is 4.87. The van der Waals surface area contributed by atoms with Crippen LogP contribution in [0.4, 0.5) is 0 Å². The van der Waals surface area contributed by atoms with Crippen LogP contribution in [-0.2, 0) is 0 Å². The summed E-state index contributed by atoms with van der Waals surface area (Å²) in [5, 5.41) is 3.54. The molecule has 0 radical (unpaired) electrons. The normalized spacial score (nSPS) is 31.5. The van der Waals surface area contributed by atoms with Crippen molar-refractivity contribution in [2.45, 2.75) is 46.0 Å². The molecule has 1 saturated heterocycles. The van der Waals surface area contributed by atoms with Crippen LogP contribution in [0.25, 0.3) is 0 Å². The van der Waals surface area contributed by atoms with Crippen molar-refractivity contribution in [1.29, 1.82) is 0 Å². The average Bonchev–Trinajstić information content (AvgIpc) is 2.64. The molecule has 1 heterocycles. The number of nitrogens with zero attached hydrogens (tertiary/aromatic N) is 1. The summed E-state index contributed by atoms with van der Waals surface area (Å²) in [4.78, 5) is 2.72. The molecule has 0 amide bonds. The van der Waals surface area contributed by atoms with Crippen molar-refractivity contribution in [3.05, 3.63) is 0 Å². The van der Waals surface area contributed by atoms with Crippen LogP contribution in [0.15, 0.2) is 0 Å². The van der Waals surface area contributed by atoms with Crippen LogP contribution in [-0.4, -0.2) is 37.6 Å². The maximum atomic E-state index is 3.54. The van der Waals surface area contributed by atoms with Crippen molar-refractivity contribution < 1.29 is 0 Å². The van der Waals surface area contributed by atoms with Crippen LogP contribution in [0, 0.1) is 11.3 Å². The quantitative estimate of drug-likeness (QED) is 0.792. The largest absolute Gasteiger partial charge is 0.315 e. The molecule has 1 unspecified atom stereocenters. The Labute approximate surface area is 101 Å². The lowest BCUT2D eigenvalue weighted by atomic mass is 9.82. The summed E-state index contributed by atoms with van der Waals surface area (Å²) in [7, 11) is 0. The minimum atomic E-state index is 0.671. The van der Waals surface area contributed by atoms with Gasteiger partial charge in [0.1, 0.15) is 0 Å². The van der Waals surface area contributed by atoms with Gasteiger partial charge in [0, 0.05) is 26.2 Å². The zero-order valence-electron chi connectivity index (χ0n) is 11.1. The van der Waals surface area contributed by atoms with E-state index in [0.717, 1.165) is 5.92 Å². The molecule has 1 N–H and O–H groups in total. The number of nitrogens with one attached hydrogen (secondary N) is 1. The SMILES string of the molecule is CCC1(CN2CCNCC(C)C2)CCCC1. The second-order valence-corrected chi connectivity index (χ2v) is 6.11. The van der Waals surface area contributed by atoms with E-state index in [-0.39, 0.29) is 0 Å². The molecule has 94 valence electrons. The van der Waals surface area contributed by atoms with Gasteiger partial charge in [0.15, 0.2) is 0 Å². The van der Waals surface area contributed by atoms with E-state index in [2.05, 4.69) is 24.1 Å². The maximum absolute atomic E-state index is 3.54. The van der Waals surface area contributed by atoms with Crippen molar-refractivity contribution >= 4 is 0 Å². The predicted octanol–water partition coefficient (Wildman–Crippen LogP) is 2.50. The van der Waals surface area contributed by atoms with Crippen LogP contribution in [0.2, 0.25) is 0 Å². The van der Waals surface area contributed by atoms with Crippen LogP contribution < -0.4 is 5.32 Å². The second kappa shape index (κ2) is 5.50. The number of hydrogen-bond acceptors (Lipinski definition) is 2. The molecule has 0 spiro atoms. The van der Waals surface area contributed by atoms with E-state index in [1.807, 2.05) is 0 Å². The molecule has 16 heavy (non-hydrogen) atoms. The first-order valence-electron chi connectivity index (χ1n) is 7.17. The molecular weight excluding hydrogens is 196 g/mol. The Morgan fingerprint density at radius 1 is 1.31 bits per heavy atom. The van der Waals surface area contributed by atoms with Gasteiger partial charge in [-0.3, -0.25) is 0 Å². The molecular formula is C14H28N2. The Kier molecular flexibility index (Phi) is 4.26. The third-order valence-electron chi connectivity index (χ3n) is 4.64. The Morgan fingerprint density at radius 3 is 2.75 bits per heavy atom. The highest BCUT2D eigenvalue weighted by Crippen LogP contribution is 2.41. The molecule has 1 aliphatic carbocycles. The van der Waals surface area contributed by atoms with Gasteiger partial charge in [-0.25, -0.2) is 0 Å². The lowest BCUT2D eigenvalue weighted by Crippen LogP contribution is -2.39. The zero-order valence-corrected chi connectivity index (χ0v) is 11.1. The van der Waals surface area contributed by atoms with E-state index in [4.69, 9.17) is 0 Å². The molecule has 2 aliphatic rings. The van der Waals surface area contributed by atoms with Gasteiger partial charge in [-0.2, -0.15) is 0 Å². The first-order valence-corrected chi connectivity index (χ1v) is 7.17. The summed E-state index contributed by atoms with van der Waals surface area (Å²) in [5.74, 6) is 0.817. The van der Waals surface area contributed by atoms with Crippen molar-refractivity contribution in [3.8, 4) is 0 Å². The van der Waals surface area contributed by atoms with Gasteiger partial charge in [-0.1, -0.05) is 26.7 Å². The molecule has 2 rings (SSSR count). The summed E-state index contributed by atoms with van der Waals surface area (Å²) < 4.78 is 0. The minimum absolute atomic E-state index is 0.671. The number of hydrogen-bond donors (Lipinski definition) is 1. The third kappa shape index (κ3) is 2.98. The third-order valence-corrected chi connectivity index (χ3v) is 4.64. The fourth-order valence-corrected chi connectivity index (χ4v) is 3.55. The minimum Gasteiger partial charge on any atom is -0.315 e. The van der Waals surface area contributed by atoms with E-state index in [1.165, 1.54) is 64.8 Å². The summed E-state index contributed by atoms with van der Waals surface area (Å²) in [6, 6.07) is 0. The average molecular weight is 224 g/mol. The van der Waals surface area contributed by atoms with Gasteiger partial charge in [0.2, 0.25) is 0 Å². The molecule has 1 saturated carbocycles. The van der Waals surface area contributed by atoms with E-state index >= 15 is 0 Å². The van der Waals surface area contributed by atoms with Gasteiger partial charge in [0.25, 0.3) is 0 Å². The van der Waals surface area contributed by atoms with E-state index in [9.17, 15) is 0 Å².